The van der Waals surface area contributed by atoms with E-state index >= 15 is 0 Å². The highest BCUT2D eigenvalue weighted by Crippen LogP contribution is 2.48. The number of nitrogens with zero attached hydrogens (tertiary/aromatic N) is 2. The topological polar surface area (TPSA) is 24.8 Å². The summed E-state index contributed by atoms with van der Waals surface area (Å²) in [6.07, 6.45) is 0.765. The molecule has 0 unspecified atom stereocenters. The molecule has 24 heavy (non-hydrogen) atoms. The molecule has 0 radical (unpaired) electrons. The molecule has 1 aromatic carbocycles. The molecule has 120 valence electrons. The molecular weight excluding hydrogens is 404 g/mol. The third kappa shape index (κ3) is 2.32. The van der Waals surface area contributed by atoms with Gasteiger partial charge in [-0.25, -0.2) is 5.01 Å². The molecular formula is C18H13BrN2OS2. The normalized spacial score (nSPS) is 21.9. The van der Waals surface area contributed by atoms with Gasteiger partial charge < -0.3 is 4.74 Å². The fourth-order valence-electron chi connectivity index (χ4n) is 3.27. The van der Waals surface area contributed by atoms with Gasteiger partial charge in [0.2, 0.25) is 6.23 Å². The maximum absolute atomic E-state index is 6.30. The number of hydrogen-bond donors (Lipinski definition) is 0. The van der Waals surface area contributed by atoms with Crippen molar-refractivity contribution in [3.05, 3.63) is 73.0 Å². The first kappa shape index (κ1) is 14.7. The maximum Gasteiger partial charge on any atom is 0.222 e. The fourth-order valence-corrected chi connectivity index (χ4v) is 5.40. The van der Waals surface area contributed by atoms with Gasteiger partial charge in [-0.3, -0.25) is 0 Å². The molecule has 3 aromatic rings. The number of benzene rings is 1. The number of fused-ring (bicyclic) bond motifs is 3. The van der Waals surface area contributed by atoms with E-state index in [1.54, 1.807) is 22.7 Å². The molecule has 0 amide bonds. The highest BCUT2D eigenvalue weighted by molar-refractivity contribution is 9.11. The molecule has 0 bridgehead atoms. The summed E-state index contributed by atoms with van der Waals surface area (Å²) in [7, 11) is 0. The van der Waals surface area contributed by atoms with Crippen LogP contribution in [-0.4, -0.2) is 10.7 Å². The Labute approximate surface area is 156 Å². The molecule has 4 heterocycles. The summed E-state index contributed by atoms with van der Waals surface area (Å²) in [5.74, 6) is 0.973. The van der Waals surface area contributed by atoms with Crippen molar-refractivity contribution in [2.45, 2.75) is 18.7 Å². The zero-order valence-electron chi connectivity index (χ0n) is 12.6. The van der Waals surface area contributed by atoms with E-state index in [2.05, 4.69) is 68.8 Å². The van der Waals surface area contributed by atoms with E-state index in [9.17, 15) is 0 Å². The minimum absolute atomic E-state index is 0.147. The van der Waals surface area contributed by atoms with Gasteiger partial charge >= 0.3 is 0 Å². The van der Waals surface area contributed by atoms with Crippen molar-refractivity contribution in [2.75, 3.05) is 0 Å². The minimum atomic E-state index is -0.147. The van der Waals surface area contributed by atoms with Gasteiger partial charge in [-0.05, 0) is 45.6 Å². The molecule has 0 saturated carbocycles. The monoisotopic (exact) mass is 416 g/mol. The second-order valence-electron chi connectivity index (χ2n) is 5.77. The first-order valence-electron chi connectivity index (χ1n) is 7.70. The smallest absolute Gasteiger partial charge is 0.222 e. The van der Waals surface area contributed by atoms with E-state index in [0.29, 0.717) is 0 Å². The summed E-state index contributed by atoms with van der Waals surface area (Å²) in [5, 5.41) is 9.18. The van der Waals surface area contributed by atoms with E-state index in [-0.39, 0.29) is 12.3 Å². The Morgan fingerprint density at radius 2 is 2.04 bits per heavy atom. The van der Waals surface area contributed by atoms with Gasteiger partial charge in [0.05, 0.1) is 25.3 Å². The van der Waals surface area contributed by atoms with E-state index in [0.717, 1.165) is 21.7 Å². The van der Waals surface area contributed by atoms with Gasteiger partial charge in [0.25, 0.3) is 0 Å². The summed E-state index contributed by atoms with van der Waals surface area (Å²) in [6, 6.07) is 17.0. The lowest BCUT2D eigenvalue weighted by atomic mass is 9.98. The van der Waals surface area contributed by atoms with Gasteiger partial charge in [0.15, 0.2) is 0 Å². The van der Waals surface area contributed by atoms with Crippen molar-refractivity contribution in [1.82, 2.24) is 5.01 Å². The van der Waals surface area contributed by atoms with E-state index in [1.165, 1.54) is 15.3 Å². The SMILES string of the molecule is Brc1ccc(C2=NN3[C@@H](c4cccs4)Oc4ccccc4[C@@H]3C2)s1. The van der Waals surface area contributed by atoms with Gasteiger partial charge in [-0.2, -0.15) is 5.10 Å². The van der Waals surface area contributed by atoms with E-state index in [1.807, 2.05) is 6.07 Å². The lowest BCUT2D eigenvalue weighted by Crippen LogP contribution is -2.33. The molecule has 0 aliphatic carbocycles. The number of para-hydroxylation sites is 1. The quantitative estimate of drug-likeness (QED) is 0.525. The lowest BCUT2D eigenvalue weighted by molar-refractivity contribution is -0.0165. The van der Waals surface area contributed by atoms with Crippen molar-refractivity contribution >= 4 is 44.3 Å². The predicted molar refractivity (Wildman–Crippen MR) is 102 cm³/mol. The molecule has 2 atom stereocenters. The average Bonchev–Trinajstić information content (AvgIpc) is 3.34. The second kappa shape index (κ2) is 5.72. The molecule has 3 nitrogen and oxygen atoms in total. The van der Waals surface area contributed by atoms with Crippen LogP contribution in [0, 0.1) is 0 Å². The summed E-state index contributed by atoms with van der Waals surface area (Å²) in [4.78, 5) is 2.41. The fraction of sp³-hybridized carbons (Fsp3) is 0.167. The largest absolute Gasteiger partial charge is 0.464 e. The maximum atomic E-state index is 6.30. The highest BCUT2D eigenvalue weighted by atomic mass is 79.9. The Hall–Kier alpha value is -1.63. The van der Waals surface area contributed by atoms with Crippen LogP contribution in [0.5, 0.6) is 5.75 Å². The van der Waals surface area contributed by atoms with Gasteiger partial charge in [0, 0.05) is 12.0 Å². The molecule has 0 spiro atoms. The Morgan fingerprint density at radius 1 is 1.12 bits per heavy atom. The van der Waals surface area contributed by atoms with E-state index in [4.69, 9.17) is 9.84 Å². The zero-order chi connectivity index (χ0) is 16.1. The third-order valence-corrected chi connectivity index (χ3v) is 6.92. The Kier molecular flexibility index (Phi) is 3.50. The Balaban J connectivity index is 1.60. The van der Waals surface area contributed by atoms with Crippen LogP contribution in [0.1, 0.15) is 34.0 Å². The summed E-state index contributed by atoms with van der Waals surface area (Å²) >= 11 is 7.00. The van der Waals surface area contributed by atoms with Crippen LogP contribution in [0.4, 0.5) is 0 Å². The van der Waals surface area contributed by atoms with Gasteiger partial charge in [-0.15, -0.1) is 22.7 Å². The molecule has 2 aromatic heterocycles. The molecule has 5 rings (SSSR count). The van der Waals surface area contributed by atoms with Crippen molar-refractivity contribution in [2.24, 2.45) is 5.10 Å². The third-order valence-electron chi connectivity index (χ3n) is 4.34. The Bertz CT molecular complexity index is 919. The second-order valence-corrected chi connectivity index (χ2v) is 9.22. The van der Waals surface area contributed by atoms with Crippen molar-refractivity contribution in [1.29, 1.82) is 0 Å². The number of hydrogen-bond acceptors (Lipinski definition) is 5. The van der Waals surface area contributed by atoms with Crippen LogP contribution < -0.4 is 4.74 Å². The average molecular weight is 417 g/mol. The number of hydrazone groups is 1. The number of ether oxygens (including phenoxy) is 1. The van der Waals surface area contributed by atoms with Crippen LogP contribution >= 0.6 is 38.6 Å². The van der Waals surface area contributed by atoms with E-state index < -0.39 is 0 Å². The molecule has 0 fully saturated rings. The summed E-state index contributed by atoms with van der Waals surface area (Å²) < 4.78 is 7.44. The predicted octanol–water partition coefficient (Wildman–Crippen LogP) is 5.81. The van der Waals surface area contributed by atoms with Gasteiger partial charge in [0.1, 0.15) is 5.75 Å². The minimum Gasteiger partial charge on any atom is -0.464 e. The molecule has 0 saturated heterocycles. The summed E-state index contributed by atoms with van der Waals surface area (Å²) in [5.41, 5.74) is 2.36. The van der Waals surface area contributed by atoms with Crippen LogP contribution in [0.25, 0.3) is 0 Å². The lowest BCUT2D eigenvalue weighted by Gasteiger charge is -2.37. The number of halogens is 1. The van der Waals surface area contributed by atoms with Crippen molar-refractivity contribution < 1.29 is 4.74 Å². The number of thiophene rings is 2. The molecule has 6 heteroatoms. The van der Waals surface area contributed by atoms with Crippen LogP contribution in [0.2, 0.25) is 0 Å². The Morgan fingerprint density at radius 3 is 2.83 bits per heavy atom. The van der Waals surface area contributed by atoms with Crippen LogP contribution in [0.15, 0.2) is 62.8 Å². The van der Waals surface area contributed by atoms with Crippen LogP contribution in [-0.2, 0) is 0 Å². The summed E-state index contributed by atoms with van der Waals surface area (Å²) in [6.45, 7) is 0. The van der Waals surface area contributed by atoms with Crippen molar-refractivity contribution in [3.8, 4) is 5.75 Å². The number of rotatable bonds is 2. The molecule has 0 N–H and O–H groups in total. The van der Waals surface area contributed by atoms with Crippen LogP contribution in [0.3, 0.4) is 0 Å². The highest BCUT2D eigenvalue weighted by Gasteiger charge is 2.41. The van der Waals surface area contributed by atoms with Gasteiger partial charge in [-0.1, -0.05) is 24.3 Å². The molecule has 2 aliphatic heterocycles. The molecule has 2 aliphatic rings. The zero-order valence-corrected chi connectivity index (χ0v) is 15.8. The van der Waals surface area contributed by atoms with Crippen molar-refractivity contribution in [3.63, 3.8) is 0 Å². The standard InChI is InChI=1S/C18H13BrN2OS2/c19-17-8-7-15(24-17)12-10-13-11-4-1-2-5-14(11)22-18(21(13)20-12)16-6-3-9-23-16/h1-9,13,18H,10H2/t13-,18+/m0/s1. The first-order chi connectivity index (χ1) is 11.8. The first-order valence-corrected chi connectivity index (χ1v) is 10.2.